The van der Waals surface area contributed by atoms with Crippen molar-refractivity contribution in [1.82, 2.24) is 14.8 Å². The summed E-state index contributed by atoms with van der Waals surface area (Å²) in [5.74, 6) is 1.89. The zero-order valence-corrected chi connectivity index (χ0v) is 35.6. The Kier molecular flexibility index (Phi) is 11.5. The molecule has 0 saturated heterocycles. The average Bonchev–Trinajstić information content (AvgIpc) is 3.67. The van der Waals surface area contributed by atoms with Crippen LogP contribution in [0.25, 0.3) is 61.6 Å². The summed E-state index contributed by atoms with van der Waals surface area (Å²) in [5.41, 5.74) is 17.0. The molecule has 0 aliphatic carbocycles. The largest absolute Gasteiger partial charge is 0.278 e. The minimum absolute atomic E-state index is 0.135. The summed E-state index contributed by atoms with van der Waals surface area (Å²) in [5, 5.41) is 10.2. The Hall–Kier alpha value is -5.54. The number of benzene rings is 6. The van der Waals surface area contributed by atoms with Crippen LogP contribution >= 0.6 is 0 Å². The van der Waals surface area contributed by atoms with Gasteiger partial charge in [-0.05, 0) is 118 Å². The molecule has 0 amide bonds. The Morgan fingerprint density at radius 2 is 0.982 bits per heavy atom. The molecule has 7 rings (SSSR count). The minimum atomic E-state index is -0.191. The van der Waals surface area contributed by atoms with Crippen molar-refractivity contribution in [3.63, 3.8) is 0 Å². The van der Waals surface area contributed by atoms with Crippen molar-refractivity contribution in [2.45, 2.75) is 105 Å². The molecule has 3 nitrogen and oxygen atoms in total. The third kappa shape index (κ3) is 8.03. The van der Waals surface area contributed by atoms with E-state index in [9.17, 15) is 0 Å². The van der Waals surface area contributed by atoms with Crippen LogP contribution in [-0.2, 0) is 10.8 Å². The Bertz CT molecular complexity index is 2400. The van der Waals surface area contributed by atoms with Gasteiger partial charge in [0.25, 0.3) is 0 Å². The van der Waals surface area contributed by atoms with Crippen LogP contribution in [0.3, 0.4) is 0 Å². The SMILES string of the molecule is CCCCCCC(C)(C)c1nnc(-c2cccc(-c3c(C)c(-c4ccccc4)c(C)c(-c4ccccc4)c3C)c2)n1-c1ccc(-c2ccccc2)cc1C(C)(C)C. The van der Waals surface area contributed by atoms with E-state index in [1.165, 1.54) is 86.0 Å². The summed E-state index contributed by atoms with van der Waals surface area (Å²) in [4.78, 5) is 0. The van der Waals surface area contributed by atoms with E-state index in [0.29, 0.717) is 0 Å². The molecule has 7 aromatic rings. The molecule has 0 aliphatic rings. The maximum absolute atomic E-state index is 5.11. The molecule has 0 saturated carbocycles. The lowest BCUT2D eigenvalue weighted by Gasteiger charge is -2.29. The average molecular weight is 750 g/mol. The molecule has 0 aliphatic heterocycles. The van der Waals surface area contributed by atoms with E-state index in [2.05, 4.69) is 200 Å². The fourth-order valence-corrected chi connectivity index (χ4v) is 8.93. The van der Waals surface area contributed by atoms with Gasteiger partial charge in [0.05, 0.1) is 5.69 Å². The normalized spacial score (nSPS) is 11.9. The molecule has 0 radical (unpaired) electrons. The van der Waals surface area contributed by atoms with Gasteiger partial charge in [0.1, 0.15) is 5.82 Å². The van der Waals surface area contributed by atoms with Crippen LogP contribution in [0.5, 0.6) is 0 Å². The lowest BCUT2D eigenvalue weighted by atomic mass is 9.80. The predicted molar refractivity (Wildman–Crippen MR) is 243 cm³/mol. The zero-order chi connectivity index (χ0) is 40.3. The third-order valence-electron chi connectivity index (χ3n) is 11.9. The number of hydrogen-bond acceptors (Lipinski definition) is 2. The first-order valence-electron chi connectivity index (χ1n) is 20.9. The molecular weight excluding hydrogens is 691 g/mol. The number of rotatable bonds is 12. The van der Waals surface area contributed by atoms with Crippen molar-refractivity contribution in [2.24, 2.45) is 0 Å². The van der Waals surface area contributed by atoms with Gasteiger partial charge < -0.3 is 0 Å². The fourth-order valence-electron chi connectivity index (χ4n) is 8.93. The van der Waals surface area contributed by atoms with Crippen molar-refractivity contribution in [1.29, 1.82) is 0 Å². The van der Waals surface area contributed by atoms with Crippen LogP contribution in [0.2, 0.25) is 0 Å². The first-order chi connectivity index (χ1) is 27.4. The van der Waals surface area contributed by atoms with E-state index in [1.54, 1.807) is 0 Å². The van der Waals surface area contributed by atoms with Gasteiger partial charge in [0.2, 0.25) is 0 Å². The Morgan fingerprint density at radius 3 is 1.53 bits per heavy atom. The lowest BCUT2D eigenvalue weighted by molar-refractivity contribution is 0.416. The molecule has 0 bridgehead atoms. The lowest BCUT2D eigenvalue weighted by Crippen LogP contribution is -2.25. The van der Waals surface area contributed by atoms with Crippen LogP contribution in [0, 0.1) is 20.8 Å². The van der Waals surface area contributed by atoms with E-state index < -0.39 is 0 Å². The summed E-state index contributed by atoms with van der Waals surface area (Å²) in [6.07, 6.45) is 5.92. The summed E-state index contributed by atoms with van der Waals surface area (Å²) < 4.78 is 2.40. The van der Waals surface area contributed by atoms with Crippen LogP contribution in [0.15, 0.2) is 133 Å². The second kappa shape index (κ2) is 16.5. The molecule has 0 fully saturated rings. The zero-order valence-electron chi connectivity index (χ0n) is 35.6. The van der Waals surface area contributed by atoms with Gasteiger partial charge >= 0.3 is 0 Å². The molecular formula is C54H59N3. The van der Waals surface area contributed by atoms with Crippen LogP contribution in [0.1, 0.15) is 102 Å². The molecule has 0 spiro atoms. The number of aromatic nitrogens is 3. The highest BCUT2D eigenvalue weighted by atomic mass is 15.3. The van der Waals surface area contributed by atoms with E-state index in [1.807, 2.05) is 0 Å². The topological polar surface area (TPSA) is 30.7 Å². The third-order valence-corrected chi connectivity index (χ3v) is 11.9. The standard InChI is InChI=1S/C54H59N3/c1-10-11-12-22-34-54(8,9)52-56-55-51(57(52)47-33-32-43(36-46(47)53(5,6)7)40-24-16-13-17-25-40)45-31-23-30-44(35-45)50-38(3)48(41-26-18-14-19-27-41)37(2)49(39(50)4)42-28-20-15-21-29-42/h13-21,23-33,35-36H,10-12,22,34H2,1-9H3. The molecule has 1 heterocycles. The molecule has 1 aromatic heterocycles. The van der Waals surface area contributed by atoms with Crippen molar-refractivity contribution < 1.29 is 0 Å². The van der Waals surface area contributed by atoms with Gasteiger partial charge in [-0.3, -0.25) is 4.57 Å². The molecule has 0 atom stereocenters. The molecule has 57 heavy (non-hydrogen) atoms. The van der Waals surface area contributed by atoms with Crippen LogP contribution in [0.4, 0.5) is 0 Å². The summed E-state index contributed by atoms with van der Waals surface area (Å²) >= 11 is 0. The van der Waals surface area contributed by atoms with Crippen LogP contribution < -0.4 is 0 Å². The monoisotopic (exact) mass is 749 g/mol. The van der Waals surface area contributed by atoms with E-state index >= 15 is 0 Å². The fraction of sp³-hybridized carbons (Fsp3) is 0.296. The highest BCUT2D eigenvalue weighted by molar-refractivity contribution is 5.92. The highest BCUT2D eigenvalue weighted by Gasteiger charge is 2.32. The van der Waals surface area contributed by atoms with Crippen molar-refractivity contribution in [3.05, 3.63) is 162 Å². The van der Waals surface area contributed by atoms with Gasteiger partial charge in [-0.25, -0.2) is 0 Å². The number of hydrogen-bond donors (Lipinski definition) is 0. The molecule has 3 heteroatoms. The van der Waals surface area contributed by atoms with Crippen molar-refractivity contribution >= 4 is 0 Å². The van der Waals surface area contributed by atoms with Crippen molar-refractivity contribution in [2.75, 3.05) is 0 Å². The maximum atomic E-state index is 5.11. The van der Waals surface area contributed by atoms with E-state index in [-0.39, 0.29) is 10.8 Å². The second-order valence-electron chi connectivity index (χ2n) is 17.5. The molecule has 6 aromatic carbocycles. The number of unbranched alkanes of at least 4 members (excludes halogenated alkanes) is 3. The van der Waals surface area contributed by atoms with Gasteiger partial charge in [-0.15, -0.1) is 10.2 Å². The predicted octanol–water partition coefficient (Wildman–Crippen LogP) is 15.1. The van der Waals surface area contributed by atoms with E-state index in [4.69, 9.17) is 10.2 Å². The van der Waals surface area contributed by atoms with Gasteiger partial charge in [0.15, 0.2) is 5.82 Å². The maximum Gasteiger partial charge on any atom is 0.168 e. The smallest absolute Gasteiger partial charge is 0.168 e. The second-order valence-corrected chi connectivity index (χ2v) is 17.5. The number of nitrogens with zero attached hydrogens (tertiary/aromatic N) is 3. The summed E-state index contributed by atoms with van der Waals surface area (Å²) in [6, 6.07) is 48.4. The Morgan fingerprint density at radius 1 is 0.474 bits per heavy atom. The molecule has 290 valence electrons. The Labute approximate surface area is 341 Å². The Balaban J connectivity index is 1.46. The molecule has 0 unspecified atom stereocenters. The molecule has 0 N–H and O–H groups in total. The first kappa shape index (κ1) is 39.7. The minimum Gasteiger partial charge on any atom is -0.278 e. The van der Waals surface area contributed by atoms with Crippen molar-refractivity contribution in [3.8, 4) is 61.6 Å². The summed E-state index contributed by atoms with van der Waals surface area (Å²) in [7, 11) is 0. The highest BCUT2D eigenvalue weighted by Crippen LogP contribution is 2.45. The van der Waals surface area contributed by atoms with Gasteiger partial charge in [0, 0.05) is 11.0 Å². The van der Waals surface area contributed by atoms with Gasteiger partial charge in [-0.1, -0.05) is 182 Å². The van der Waals surface area contributed by atoms with Crippen LogP contribution in [-0.4, -0.2) is 14.8 Å². The quantitative estimate of drug-likeness (QED) is 0.116. The van der Waals surface area contributed by atoms with Gasteiger partial charge in [-0.2, -0.15) is 0 Å². The first-order valence-corrected chi connectivity index (χ1v) is 20.9. The van der Waals surface area contributed by atoms with E-state index in [0.717, 1.165) is 35.7 Å². The summed E-state index contributed by atoms with van der Waals surface area (Å²) in [6.45, 7) is 20.8.